The van der Waals surface area contributed by atoms with Crippen LogP contribution in [-0.4, -0.2) is 50.5 Å². The maximum Gasteiger partial charge on any atom is 0.244 e. The summed E-state index contributed by atoms with van der Waals surface area (Å²) in [5.41, 5.74) is 2.14. The number of sulfonamides is 1. The summed E-state index contributed by atoms with van der Waals surface area (Å²) in [5, 5.41) is 2.87. The molecule has 1 atom stereocenters. The van der Waals surface area contributed by atoms with Gasteiger partial charge in [0, 0.05) is 17.6 Å². The summed E-state index contributed by atoms with van der Waals surface area (Å²) in [6.45, 7) is 6.15. The van der Waals surface area contributed by atoms with Gasteiger partial charge in [0.1, 0.15) is 24.9 Å². The third kappa shape index (κ3) is 9.38. The SMILES string of the molecule is CC(C)CNC(=O)C(C)N(Cc1ccc(Br)cc1)C(=O)CN(c1ccc(OCc2ccccc2)cc1)S(C)(=O)=O. The van der Waals surface area contributed by atoms with Gasteiger partial charge >= 0.3 is 0 Å². The van der Waals surface area contributed by atoms with Gasteiger partial charge in [-0.3, -0.25) is 13.9 Å². The van der Waals surface area contributed by atoms with Crippen molar-refractivity contribution in [2.24, 2.45) is 5.92 Å². The molecule has 40 heavy (non-hydrogen) atoms. The molecular weight excluding hydrogens is 594 g/mol. The van der Waals surface area contributed by atoms with E-state index in [0.29, 0.717) is 24.6 Å². The number of benzene rings is 3. The second-order valence-electron chi connectivity index (χ2n) is 10.0. The smallest absolute Gasteiger partial charge is 0.244 e. The number of carbonyl (C=O) groups excluding carboxylic acids is 2. The molecule has 8 nitrogen and oxygen atoms in total. The van der Waals surface area contributed by atoms with Crippen LogP contribution < -0.4 is 14.4 Å². The van der Waals surface area contributed by atoms with Gasteiger partial charge in [0.05, 0.1) is 11.9 Å². The average Bonchev–Trinajstić information content (AvgIpc) is 2.93. The largest absolute Gasteiger partial charge is 0.489 e. The first-order chi connectivity index (χ1) is 18.9. The standard InChI is InChI=1S/C30H36BrN3O5S/c1-22(2)18-32-30(36)23(3)33(19-24-10-12-26(31)13-11-24)29(35)20-34(40(4,37)38)27-14-16-28(17-15-27)39-21-25-8-6-5-7-9-25/h5-17,22-23H,18-21H2,1-4H3,(H,32,36). The van der Waals surface area contributed by atoms with Crippen molar-refractivity contribution in [1.29, 1.82) is 0 Å². The number of hydrogen-bond donors (Lipinski definition) is 1. The van der Waals surface area contributed by atoms with Crippen molar-refractivity contribution < 1.29 is 22.7 Å². The van der Waals surface area contributed by atoms with Gasteiger partial charge in [-0.2, -0.15) is 0 Å². The zero-order valence-electron chi connectivity index (χ0n) is 23.2. The third-order valence-electron chi connectivity index (χ3n) is 6.17. The normalized spacial score (nSPS) is 12.1. The van der Waals surface area contributed by atoms with Crippen molar-refractivity contribution in [3.63, 3.8) is 0 Å². The van der Waals surface area contributed by atoms with Crippen molar-refractivity contribution in [3.05, 3.63) is 94.5 Å². The molecule has 0 saturated heterocycles. The predicted octanol–water partition coefficient (Wildman–Crippen LogP) is 4.98. The first-order valence-corrected chi connectivity index (χ1v) is 15.6. The monoisotopic (exact) mass is 629 g/mol. The molecule has 2 amide bonds. The molecule has 3 aromatic carbocycles. The molecule has 0 spiro atoms. The lowest BCUT2D eigenvalue weighted by Gasteiger charge is -2.31. The van der Waals surface area contributed by atoms with Gasteiger partial charge in [0.25, 0.3) is 0 Å². The van der Waals surface area contributed by atoms with Crippen LogP contribution in [0.1, 0.15) is 31.9 Å². The highest BCUT2D eigenvalue weighted by Gasteiger charge is 2.30. The minimum Gasteiger partial charge on any atom is -0.489 e. The fourth-order valence-electron chi connectivity index (χ4n) is 3.88. The van der Waals surface area contributed by atoms with Gasteiger partial charge in [0.2, 0.25) is 21.8 Å². The molecule has 0 radical (unpaired) electrons. The van der Waals surface area contributed by atoms with Crippen LogP contribution in [0.15, 0.2) is 83.3 Å². The molecule has 3 rings (SSSR count). The minimum absolute atomic E-state index is 0.145. The Morgan fingerprint density at radius 2 is 1.52 bits per heavy atom. The molecule has 0 aliphatic rings. The van der Waals surface area contributed by atoms with Crippen molar-refractivity contribution in [1.82, 2.24) is 10.2 Å². The molecular formula is C30H36BrN3O5S. The van der Waals surface area contributed by atoms with Crippen molar-refractivity contribution in [2.75, 3.05) is 23.7 Å². The van der Waals surface area contributed by atoms with Crippen molar-refractivity contribution in [3.8, 4) is 5.75 Å². The zero-order valence-corrected chi connectivity index (χ0v) is 25.6. The predicted molar refractivity (Wildman–Crippen MR) is 161 cm³/mol. The first-order valence-electron chi connectivity index (χ1n) is 13.0. The fourth-order valence-corrected chi connectivity index (χ4v) is 5.00. The Labute approximate surface area is 245 Å². The van der Waals surface area contributed by atoms with Crippen LogP contribution in [0.25, 0.3) is 0 Å². The molecule has 0 bridgehead atoms. The molecule has 0 heterocycles. The second kappa shape index (κ2) is 14.3. The van der Waals surface area contributed by atoms with Crippen LogP contribution in [0.2, 0.25) is 0 Å². The number of anilines is 1. The number of ether oxygens (including phenoxy) is 1. The molecule has 3 aromatic rings. The fraction of sp³-hybridized carbons (Fsp3) is 0.333. The Hall–Kier alpha value is -3.37. The molecule has 0 aromatic heterocycles. The maximum atomic E-state index is 13.7. The molecule has 0 aliphatic carbocycles. The van der Waals surface area contributed by atoms with Crippen LogP contribution >= 0.6 is 15.9 Å². The summed E-state index contributed by atoms with van der Waals surface area (Å²) in [5.74, 6) is 0.0155. The summed E-state index contributed by atoms with van der Waals surface area (Å²) in [6, 6.07) is 22.8. The van der Waals surface area contributed by atoms with E-state index in [-0.39, 0.29) is 18.4 Å². The van der Waals surface area contributed by atoms with Crippen LogP contribution in [0, 0.1) is 5.92 Å². The van der Waals surface area contributed by atoms with Gasteiger partial charge in [-0.1, -0.05) is 72.2 Å². The van der Waals surface area contributed by atoms with Crippen LogP contribution in [0.5, 0.6) is 5.75 Å². The number of amides is 2. The highest BCUT2D eigenvalue weighted by Crippen LogP contribution is 2.23. The highest BCUT2D eigenvalue weighted by molar-refractivity contribution is 9.10. The van der Waals surface area contributed by atoms with E-state index in [4.69, 9.17) is 4.74 Å². The minimum atomic E-state index is -3.82. The number of halogens is 1. The summed E-state index contributed by atoms with van der Waals surface area (Å²) >= 11 is 3.41. The van der Waals surface area contributed by atoms with E-state index < -0.39 is 28.5 Å². The lowest BCUT2D eigenvalue weighted by Crippen LogP contribution is -2.51. The van der Waals surface area contributed by atoms with Gasteiger partial charge < -0.3 is 15.0 Å². The van der Waals surface area contributed by atoms with Gasteiger partial charge in [-0.25, -0.2) is 8.42 Å². The highest BCUT2D eigenvalue weighted by atomic mass is 79.9. The molecule has 10 heteroatoms. The van der Waals surface area contributed by atoms with Crippen molar-refractivity contribution in [2.45, 2.75) is 40.0 Å². The number of nitrogens with zero attached hydrogens (tertiary/aromatic N) is 2. The van der Waals surface area contributed by atoms with E-state index in [9.17, 15) is 18.0 Å². The number of carbonyl (C=O) groups is 2. The zero-order chi connectivity index (χ0) is 29.3. The van der Waals surface area contributed by atoms with Crippen molar-refractivity contribution >= 4 is 43.5 Å². The van der Waals surface area contributed by atoms with E-state index in [0.717, 1.165) is 26.2 Å². The number of hydrogen-bond acceptors (Lipinski definition) is 5. The van der Waals surface area contributed by atoms with E-state index in [1.54, 1.807) is 31.2 Å². The van der Waals surface area contributed by atoms with Crippen LogP contribution in [-0.2, 0) is 32.8 Å². The summed E-state index contributed by atoms with van der Waals surface area (Å²) in [7, 11) is -3.82. The second-order valence-corrected chi connectivity index (χ2v) is 12.8. The molecule has 0 saturated carbocycles. The molecule has 214 valence electrons. The average molecular weight is 631 g/mol. The summed E-state index contributed by atoms with van der Waals surface area (Å²) in [4.78, 5) is 28.0. The topological polar surface area (TPSA) is 96.0 Å². The maximum absolute atomic E-state index is 13.7. The Morgan fingerprint density at radius 1 is 0.900 bits per heavy atom. The quantitative estimate of drug-likeness (QED) is 0.288. The van der Waals surface area contributed by atoms with Crippen LogP contribution in [0.4, 0.5) is 5.69 Å². The summed E-state index contributed by atoms with van der Waals surface area (Å²) < 4.78 is 33.3. The Morgan fingerprint density at radius 3 is 2.10 bits per heavy atom. The lowest BCUT2D eigenvalue weighted by molar-refractivity contribution is -0.139. The Kier molecular flexibility index (Phi) is 11.2. The summed E-state index contributed by atoms with van der Waals surface area (Å²) in [6.07, 6.45) is 1.05. The van der Waals surface area contributed by atoms with E-state index >= 15 is 0 Å². The number of nitrogens with one attached hydrogen (secondary N) is 1. The van der Waals surface area contributed by atoms with Gasteiger partial charge in [0.15, 0.2) is 0 Å². The Balaban J connectivity index is 1.80. The third-order valence-corrected chi connectivity index (χ3v) is 7.84. The lowest BCUT2D eigenvalue weighted by atomic mass is 10.1. The van der Waals surface area contributed by atoms with E-state index in [1.165, 1.54) is 4.90 Å². The molecule has 0 fully saturated rings. The molecule has 1 N–H and O–H groups in total. The van der Waals surface area contributed by atoms with Gasteiger partial charge in [-0.15, -0.1) is 0 Å². The first kappa shape index (κ1) is 31.2. The van der Waals surface area contributed by atoms with Crippen LogP contribution in [0.3, 0.4) is 0 Å². The van der Waals surface area contributed by atoms with E-state index in [1.807, 2.05) is 68.4 Å². The number of rotatable bonds is 13. The molecule has 1 unspecified atom stereocenters. The molecule has 0 aliphatic heterocycles. The van der Waals surface area contributed by atoms with Gasteiger partial charge in [-0.05, 0) is 60.4 Å². The Bertz CT molecular complexity index is 1360. The van der Waals surface area contributed by atoms with E-state index in [2.05, 4.69) is 21.2 Å².